The van der Waals surface area contributed by atoms with Gasteiger partial charge in [-0.3, -0.25) is 4.79 Å². The Balaban J connectivity index is 1.99. The number of cyclic esters (lactones) is 1. The Morgan fingerprint density at radius 2 is 2.12 bits per heavy atom. The lowest BCUT2D eigenvalue weighted by atomic mass is 9.63. The molecule has 0 aromatic heterocycles. The average molecular weight is 236 g/mol. The van der Waals surface area contributed by atoms with E-state index in [9.17, 15) is 9.90 Å². The van der Waals surface area contributed by atoms with Crippen molar-refractivity contribution in [2.75, 3.05) is 0 Å². The minimum Gasteiger partial charge on any atom is -0.462 e. The lowest BCUT2D eigenvalue weighted by Crippen LogP contribution is -2.40. The van der Waals surface area contributed by atoms with E-state index in [1.807, 2.05) is 13.0 Å². The molecule has 3 heteroatoms. The number of hydrogen-bond donors (Lipinski definition) is 1. The van der Waals surface area contributed by atoms with Gasteiger partial charge < -0.3 is 9.84 Å². The highest BCUT2D eigenvalue weighted by Crippen LogP contribution is 2.49. The molecule has 1 N–H and O–H groups in total. The second-order valence-corrected chi connectivity index (χ2v) is 5.82. The number of ether oxygens (including phenoxy) is 1. The minimum atomic E-state index is -0.333. The van der Waals surface area contributed by atoms with Crippen LogP contribution in [0.5, 0.6) is 0 Å². The SMILES string of the molecule is C[C@H]1C2CCC[C@H](O)C2=C[C@H]2C(=O)O[C@H](C)C12. The standard InChI is InChI=1S/C14H20O3/c1-7-9-4-3-5-12(15)10(9)6-11-13(7)8(2)17-14(11)16/h6-9,11-13,15H,3-5H2,1-2H3/t7-,8+,9?,11+,12-,13?/m0/s1. The molecule has 0 spiro atoms. The average Bonchev–Trinajstić information content (AvgIpc) is 2.57. The molecule has 1 saturated carbocycles. The Kier molecular flexibility index (Phi) is 2.54. The maximum Gasteiger partial charge on any atom is 0.313 e. The van der Waals surface area contributed by atoms with Crippen LogP contribution in [0.15, 0.2) is 11.6 Å². The summed E-state index contributed by atoms with van der Waals surface area (Å²) in [5.74, 6) is 0.993. The molecular formula is C14H20O3. The highest BCUT2D eigenvalue weighted by Gasteiger charge is 2.50. The second kappa shape index (κ2) is 3.84. The van der Waals surface area contributed by atoms with Crippen LogP contribution in [0.1, 0.15) is 33.1 Å². The molecule has 2 aliphatic carbocycles. The number of aliphatic hydroxyl groups is 1. The summed E-state index contributed by atoms with van der Waals surface area (Å²) in [7, 11) is 0. The first-order valence-corrected chi connectivity index (χ1v) is 6.69. The zero-order valence-electron chi connectivity index (χ0n) is 10.4. The fraction of sp³-hybridized carbons (Fsp3) is 0.786. The maximum atomic E-state index is 11.8. The van der Waals surface area contributed by atoms with Gasteiger partial charge in [0.2, 0.25) is 0 Å². The van der Waals surface area contributed by atoms with Gasteiger partial charge in [0.05, 0.1) is 12.0 Å². The highest BCUT2D eigenvalue weighted by atomic mass is 16.6. The Hall–Kier alpha value is -0.830. The van der Waals surface area contributed by atoms with E-state index in [0.29, 0.717) is 17.8 Å². The molecule has 0 radical (unpaired) electrons. The first-order chi connectivity index (χ1) is 8.09. The van der Waals surface area contributed by atoms with Gasteiger partial charge in [0.25, 0.3) is 0 Å². The first-order valence-electron chi connectivity index (χ1n) is 6.69. The number of carbonyl (C=O) groups excluding carboxylic acids is 1. The zero-order valence-corrected chi connectivity index (χ0v) is 10.4. The number of fused-ring (bicyclic) bond motifs is 2. The van der Waals surface area contributed by atoms with Gasteiger partial charge in [-0.1, -0.05) is 13.0 Å². The van der Waals surface area contributed by atoms with Crippen LogP contribution in [-0.4, -0.2) is 23.3 Å². The Bertz CT molecular complexity index is 374. The molecule has 6 atom stereocenters. The molecular weight excluding hydrogens is 216 g/mol. The van der Waals surface area contributed by atoms with E-state index in [4.69, 9.17) is 4.74 Å². The van der Waals surface area contributed by atoms with Crippen molar-refractivity contribution in [2.24, 2.45) is 23.7 Å². The third kappa shape index (κ3) is 1.55. The van der Waals surface area contributed by atoms with Gasteiger partial charge in [0.15, 0.2) is 0 Å². The molecule has 1 saturated heterocycles. The largest absolute Gasteiger partial charge is 0.462 e. The Morgan fingerprint density at radius 3 is 2.88 bits per heavy atom. The fourth-order valence-electron chi connectivity index (χ4n) is 4.11. The molecule has 3 aliphatic rings. The Morgan fingerprint density at radius 1 is 1.35 bits per heavy atom. The van der Waals surface area contributed by atoms with E-state index >= 15 is 0 Å². The number of esters is 1. The summed E-state index contributed by atoms with van der Waals surface area (Å²) >= 11 is 0. The molecule has 0 aromatic rings. The quantitative estimate of drug-likeness (QED) is 0.516. The zero-order chi connectivity index (χ0) is 12.2. The summed E-state index contributed by atoms with van der Waals surface area (Å²) in [5, 5.41) is 10.1. The van der Waals surface area contributed by atoms with E-state index in [1.54, 1.807) is 0 Å². The van der Waals surface area contributed by atoms with Crippen molar-refractivity contribution in [1.82, 2.24) is 0 Å². The van der Waals surface area contributed by atoms with Crippen molar-refractivity contribution in [3.63, 3.8) is 0 Å². The van der Waals surface area contributed by atoms with Crippen LogP contribution in [0.25, 0.3) is 0 Å². The van der Waals surface area contributed by atoms with Crippen molar-refractivity contribution in [2.45, 2.75) is 45.3 Å². The van der Waals surface area contributed by atoms with Gasteiger partial charge in [-0.25, -0.2) is 0 Å². The van der Waals surface area contributed by atoms with Crippen LogP contribution in [-0.2, 0) is 9.53 Å². The summed E-state index contributed by atoms with van der Waals surface area (Å²) in [6.07, 6.45) is 4.80. The van der Waals surface area contributed by atoms with Crippen LogP contribution in [0.4, 0.5) is 0 Å². The molecule has 0 bridgehead atoms. The third-order valence-electron chi connectivity index (χ3n) is 4.95. The molecule has 17 heavy (non-hydrogen) atoms. The normalized spacial score (nSPS) is 49.1. The summed E-state index contributed by atoms with van der Waals surface area (Å²) in [6, 6.07) is 0. The van der Waals surface area contributed by atoms with Crippen LogP contribution in [0.2, 0.25) is 0 Å². The highest BCUT2D eigenvalue weighted by molar-refractivity contribution is 5.78. The topological polar surface area (TPSA) is 46.5 Å². The third-order valence-corrected chi connectivity index (χ3v) is 4.95. The smallest absolute Gasteiger partial charge is 0.313 e. The predicted molar refractivity (Wildman–Crippen MR) is 63.1 cm³/mol. The number of carbonyl (C=O) groups is 1. The molecule has 1 heterocycles. The van der Waals surface area contributed by atoms with Crippen molar-refractivity contribution in [3.8, 4) is 0 Å². The van der Waals surface area contributed by atoms with Gasteiger partial charge >= 0.3 is 5.97 Å². The maximum absolute atomic E-state index is 11.8. The van der Waals surface area contributed by atoms with E-state index in [-0.39, 0.29) is 24.1 Å². The number of hydrogen-bond acceptors (Lipinski definition) is 3. The van der Waals surface area contributed by atoms with Gasteiger partial charge in [0, 0.05) is 5.92 Å². The molecule has 1 aliphatic heterocycles. The van der Waals surface area contributed by atoms with Crippen molar-refractivity contribution >= 4 is 5.97 Å². The van der Waals surface area contributed by atoms with Gasteiger partial charge in [-0.05, 0) is 43.6 Å². The monoisotopic (exact) mass is 236 g/mol. The van der Waals surface area contributed by atoms with Crippen molar-refractivity contribution < 1.29 is 14.6 Å². The minimum absolute atomic E-state index is 0.0272. The molecule has 0 aromatic carbocycles. The van der Waals surface area contributed by atoms with E-state index in [0.717, 1.165) is 24.8 Å². The van der Waals surface area contributed by atoms with Gasteiger partial charge in [-0.15, -0.1) is 0 Å². The molecule has 0 amide bonds. The lowest BCUT2D eigenvalue weighted by Gasteiger charge is -2.41. The van der Waals surface area contributed by atoms with E-state index < -0.39 is 0 Å². The molecule has 2 fully saturated rings. The molecule has 2 unspecified atom stereocenters. The number of rotatable bonds is 0. The van der Waals surface area contributed by atoms with Crippen molar-refractivity contribution in [1.29, 1.82) is 0 Å². The van der Waals surface area contributed by atoms with Gasteiger partial charge in [0.1, 0.15) is 6.10 Å². The summed E-state index contributed by atoms with van der Waals surface area (Å²) in [4.78, 5) is 11.8. The second-order valence-electron chi connectivity index (χ2n) is 5.82. The van der Waals surface area contributed by atoms with Crippen LogP contribution < -0.4 is 0 Å². The van der Waals surface area contributed by atoms with Crippen LogP contribution in [0, 0.1) is 23.7 Å². The van der Waals surface area contributed by atoms with Crippen LogP contribution in [0.3, 0.4) is 0 Å². The van der Waals surface area contributed by atoms with E-state index in [2.05, 4.69) is 6.92 Å². The lowest BCUT2D eigenvalue weighted by molar-refractivity contribution is -0.142. The molecule has 94 valence electrons. The van der Waals surface area contributed by atoms with E-state index in [1.165, 1.54) is 0 Å². The fourth-order valence-corrected chi connectivity index (χ4v) is 4.11. The van der Waals surface area contributed by atoms with Crippen molar-refractivity contribution in [3.05, 3.63) is 11.6 Å². The summed E-state index contributed by atoms with van der Waals surface area (Å²) in [6.45, 7) is 4.21. The first kappa shape index (κ1) is 11.3. The Labute approximate surface area is 102 Å². The van der Waals surface area contributed by atoms with Gasteiger partial charge in [-0.2, -0.15) is 0 Å². The predicted octanol–water partition coefficient (Wildman–Crippen LogP) is 1.90. The summed E-state index contributed by atoms with van der Waals surface area (Å²) < 4.78 is 5.35. The molecule has 3 rings (SSSR count). The summed E-state index contributed by atoms with van der Waals surface area (Å²) in [5.41, 5.74) is 1.11. The number of aliphatic hydroxyl groups excluding tert-OH is 1. The molecule has 3 nitrogen and oxygen atoms in total. The van der Waals surface area contributed by atoms with Crippen LogP contribution >= 0.6 is 0 Å².